The Kier molecular flexibility index (Phi) is 5.24. The molecular formula is C21H23N5O3. The van der Waals surface area contributed by atoms with E-state index in [1.165, 1.54) is 0 Å². The van der Waals surface area contributed by atoms with Gasteiger partial charge in [-0.1, -0.05) is 0 Å². The normalized spacial score (nSPS) is 16.7. The molecule has 3 heterocycles. The van der Waals surface area contributed by atoms with Crippen LogP contribution in [0.25, 0.3) is 0 Å². The summed E-state index contributed by atoms with van der Waals surface area (Å²) in [6.07, 6.45) is 4.29. The molecule has 1 aromatic heterocycles. The van der Waals surface area contributed by atoms with E-state index in [0.717, 1.165) is 29.8 Å². The molecule has 0 saturated carbocycles. The van der Waals surface area contributed by atoms with Gasteiger partial charge in [-0.2, -0.15) is 0 Å². The second-order valence-corrected chi connectivity index (χ2v) is 7.37. The van der Waals surface area contributed by atoms with Gasteiger partial charge >= 0.3 is 0 Å². The minimum absolute atomic E-state index is 0.0110. The molecule has 0 atom stereocenters. The number of aryl methyl sites for hydroxylation is 1. The third kappa shape index (κ3) is 3.96. The lowest BCUT2D eigenvalue weighted by molar-refractivity contribution is -0.116. The molecule has 150 valence electrons. The standard InChI is InChI=1S/C21H23N5O3/c1-22-20(28)19-23-9-6-17(25-19)13-7-10-26(11-8-13)21(29)15-2-4-16-14(12-15)3-5-18(27)24-16/h2,4,6,9,12-13H,3,5,7-8,10-11H2,1H3,(H,22,28)(H,24,27). The van der Waals surface area contributed by atoms with Gasteiger partial charge in [0.1, 0.15) is 0 Å². The molecule has 2 aliphatic heterocycles. The molecule has 1 fully saturated rings. The van der Waals surface area contributed by atoms with Crippen LogP contribution in [0.3, 0.4) is 0 Å². The lowest BCUT2D eigenvalue weighted by Gasteiger charge is -2.32. The number of hydrogen-bond acceptors (Lipinski definition) is 5. The summed E-state index contributed by atoms with van der Waals surface area (Å²) >= 11 is 0. The van der Waals surface area contributed by atoms with Crippen LogP contribution in [-0.2, 0) is 11.2 Å². The molecule has 0 bridgehead atoms. The van der Waals surface area contributed by atoms with Gasteiger partial charge in [0, 0.05) is 55.6 Å². The first-order valence-corrected chi connectivity index (χ1v) is 9.82. The summed E-state index contributed by atoms with van der Waals surface area (Å²) in [6, 6.07) is 7.32. The van der Waals surface area contributed by atoms with Crippen LogP contribution in [0.15, 0.2) is 30.5 Å². The fourth-order valence-corrected chi connectivity index (χ4v) is 3.90. The van der Waals surface area contributed by atoms with Crippen molar-refractivity contribution in [3.05, 3.63) is 53.1 Å². The monoisotopic (exact) mass is 393 g/mol. The Bertz CT molecular complexity index is 967. The summed E-state index contributed by atoms with van der Waals surface area (Å²) in [5, 5.41) is 5.38. The van der Waals surface area contributed by atoms with Crippen molar-refractivity contribution < 1.29 is 14.4 Å². The number of anilines is 1. The number of piperidine rings is 1. The van der Waals surface area contributed by atoms with E-state index < -0.39 is 0 Å². The van der Waals surface area contributed by atoms with E-state index in [9.17, 15) is 14.4 Å². The number of likely N-dealkylation sites (tertiary alicyclic amines) is 1. The van der Waals surface area contributed by atoms with Crippen LogP contribution in [0.5, 0.6) is 0 Å². The Labute approximate surface area is 168 Å². The van der Waals surface area contributed by atoms with Crippen LogP contribution >= 0.6 is 0 Å². The SMILES string of the molecule is CNC(=O)c1nccc(C2CCN(C(=O)c3ccc4c(c3)CCC(=O)N4)CC2)n1. The third-order valence-corrected chi connectivity index (χ3v) is 5.56. The van der Waals surface area contributed by atoms with Gasteiger partial charge in [0.15, 0.2) is 0 Å². The highest BCUT2D eigenvalue weighted by Gasteiger charge is 2.27. The summed E-state index contributed by atoms with van der Waals surface area (Å²) in [7, 11) is 1.55. The molecule has 2 aromatic rings. The number of hydrogen-bond donors (Lipinski definition) is 2. The quantitative estimate of drug-likeness (QED) is 0.827. The Hall–Kier alpha value is -3.29. The predicted octanol–water partition coefficient (Wildman–Crippen LogP) is 1.74. The molecule has 2 aliphatic rings. The molecule has 1 saturated heterocycles. The van der Waals surface area contributed by atoms with E-state index in [4.69, 9.17) is 0 Å². The Morgan fingerprint density at radius 1 is 1.17 bits per heavy atom. The molecule has 0 radical (unpaired) electrons. The molecule has 0 spiro atoms. The molecule has 4 rings (SSSR count). The summed E-state index contributed by atoms with van der Waals surface area (Å²) < 4.78 is 0. The first-order chi connectivity index (χ1) is 14.0. The van der Waals surface area contributed by atoms with Gasteiger partial charge in [-0.3, -0.25) is 14.4 Å². The Balaban J connectivity index is 1.41. The molecule has 1 aromatic carbocycles. The largest absolute Gasteiger partial charge is 0.352 e. The lowest BCUT2D eigenvalue weighted by Crippen LogP contribution is -2.38. The zero-order chi connectivity index (χ0) is 20.4. The molecule has 2 N–H and O–H groups in total. The Morgan fingerprint density at radius 3 is 2.72 bits per heavy atom. The topological polar surface area (TPSA) is 104 Å². The number of aromatic nitrogens is 2. The number of rotatable bonds is 3. The van der Waals surface area contributed by atoms with E-state index in [1.54, 1.807) is 19.3 Å². The van der Waals surface area contributed by atoms with Gasteiger partial charge < -0.3 is 15.5 Å². The van der Waals surface area contributed by atoms with E-state index in [1.807, 2.05) is 23.1 Å². The van der Waals surface area contributed by atoms with Gasteiger partial charge in [0.25, 0.3) is 11.8 Å². The van der Waals surface area contributed by atoms with E-state index >= 15 is 0 Å². The van der Waals surface area contributed by atoms with Crippen LogP contribution < -0.4 is 10.6 Å². The highest BCUT2D eigenvalue weighted by molar-refractivity contribution is 5.98. The summed E-state index contributed by atoms with van der Waals surface area (Å²) in [4.78, 5) is 46.5. The van der Waals surface area contributed by atoms with Crippen molar-refractivity contribution in [3.63, 3.8) is 0 Å². The maximum atomic E-state index is 12.9. The van der Waals surface area contributed by atoms with Gasteiger partial charge in [0.05, 0.1) is 0 Å². The summed E-state index contributed by atoms with van der Waals surface area (Å²) in [5.74, 6) is 0.0942. The maximum Gasteiger partial charge on any atom is 0.288 e. The van der Waals surface area contributed by atoms with Gasteiger partial charge in [-0.15, -0.1) is 0 Å². The number of benzene rings is 1. The average molecular weight is 393 g/mol. The van der Waals surface area contributed by atoms with Crippen LogP contribution in [0, 0.1) is 0 Å². The van der Waals surface area contributed by atoms with Crippen LogP contribution in [0.2, 0.25) is 0 Å². The molecule has 0 unspecified atom stereocenters. The number of nitrogens with one attached hydrogen (secondary N) is 2. The molecular weight excluding hydrogens is 370 g/mol. The summed E-state index contributed by atoms with van der Waals surface area (Å²) in [6.45, 7) is 1.27. The zero-order valence-corrected chi connectivity index (χ0v) is 16.3. The Morgan fingerprint density at radius 2 is 1.97 bits per heavy atom. The van der Waals surface area contributed by atoms with Gasteiger partial charge in [-0.05, 0) is 49.1 Å². The van der Waals surface area contributed by atoms with Crippen LogP contribution in [0.1, 0.15) is 57.4 Å². The highest BCUT2D eigenvalue weighted by Crippen LogP contribution is 2.29. The smallest absolute Gasteiger partial charge is 0.288 e. The van der Waals surface area contributed by atoms with Crippen molar-refractivity contribution in [2.45, 2.75) is 31.6 Å². The van der Waals surface area contributed by atoms with E-state index in [0.29, 0.717) is 31.5 Å². The molecule has 8 heteroatoms. The number of amides is 3. The average Bonchev–Trinajstić information content (AvgIpc) is 2.78. The number of nitrogens with zero attached hydrogens (tertiary/aromatic N) is 3. The van der Waals surface area contributed by atoms with Crippen molar-refractivity contribution >= 4 is 23.4 Å². The first kappa shape index (κ1) is 19.0. The second kappa shape index (κ2) is 7.98. The van der Waals surface area contributed by atoms with E-state index in [2.05, 4.69) is 20.6 Å². The maximum absolute atomic E-state index is 12.9. The fraction of sp³-hybridized carbons (Fsp3) is 0.381. The molecule has 29 heavy (non-hydrogen) atoms. The van der Waals surface area contributed by atoms with Crippen molar-refractivity contribution in [3.8, 4) is 0 Å². The van der Waals surface area contributed by atoms with E-state index in [-0.39, 0.29) is 29.5 Å². The molecule has 8 nitrogen and oxygen atoms in total. The van der Waals surface area contributed by atoms with Gasteiger partial charge in [0.2, 0.25) is 11.7 Å². The molecule has 0 aliphatic carbocycles. The number of fused-ring (bicyclic) bond motifs is 1. The number of carbonyl (C=O) groups excluding carboxylic acids is 3. The number of carbonyl (C=O) groups is 3. The van der Waals surface area contributed by atoms with Crippen molar-refractivity contribution in [1.82, 2.24) is 20.2 Å². The lowest BCUT2D eigenvalue weighted by atomic mass is 9.92. The van der Waals surface area contributed by atoms with Gasteiger partial charge in [-0.25, -0.2) is 9.97 Å². The van der Waals surface area contributed by atoms with Crippen molar-refractivity contribution in [1.29, 1.82) is 0 Å². The predicted molar refractivity (Wildman–Crippen MR) is 107 cm³/mol. The first-order valence-electron chi connectivity index (χ1n) is 9.82. The van der Waals surface area contributed by atoms with Crippen molar-refractivity contribution in [2.24, 2.45) is 0 Å². The van der Waals surface area contributed by atoms with Crippen molar-refractivity contribution in [2.75, 3.05) is 25.5 Å². The minimum Gasteiger partial charge on any atom is -0.352 e. The van der Waals surface area contributed by atoms with Crippen LogP contribution in [0.4, 0.5) is 5.69 Å². The molecule has 3 amide bonds. The highest BCUT2D eigenvalue weighted by atomic mass is 16.2. The zero-order valence-electron chi connectivity index (χ0n) is 16.3. The second-order valence-electron chi connectivity index (χ2n) is 7.37. The summed E-state index contributed by atoms with van der Waals surface area (Å²) in [5.41, 5.74) is 3.30. The van der Waals surface area contributed by atoms with Crippen LogP contribution in [-0.4, -0.2) is 52.7 Å². The minimum atomic E-state index is -0.303. The fourth-order valence-electron chi connectivity index (χ4n) is 3.90. The third-order valence-electron chi connectivity index (χ3n) is 5.56.